The highest BCUT2D eigenvalue weighted by Gasteiger charge is 2.04. The maximum absolute atomic E-state index is 5.83. The molecule has 0 spiro atoms. The molecule has 1 rings (SSSR count). The second-order valence-electron chi connectivity index (χ2n) is 3.90. The molecule has 0 saturated carbocycles. The molecule has 0 heterocycles. The number of rotatable bonds is 6. The van der Waals surface area contributed by atoms with E-state index < -0.39 is 0 Å². The van der Waals surface area contributed by atoms with Crippen LogP contribution in [0.5, 0.6) is 5.75 Å². The molecule has 1 aromatic carbocycles. The lowest BCUT2D eigenvalue weighted by Gasteiger charge is -2.16. The number of ether oxygens (including phenoxy) is 1. The molecule has 0 radical (unpaired) electrons. The molecule has 2 heteroatoms. The summed E-state index contributed by atoms with van der Waals surface area (Å²) < 4.78 is 5.83. The first-order valence-corrected chi connectivity index (χ1v) is 5.67. The van der Waals surface area contributed by atoms with Crippen LogP contribution < -0.4 is 10.1 Å². The number of hydrogen-bond donors (Lipinski definition) is 1. The zero-order valence-electron chi connectivity index (χ0n) is 9.92. The smallest absolute Gasteiger partial charge is 0.122 e. The first kappa shape index (κ1) is 12.1. The van der Waals surface area contributed by atoms with Gasteiger partial charge < -0.3 is 10.1 Å². The van der Waals surface area contributed by atoms with E-state index in [1.54, 1.807) is 0 Å². The van der Waals surface area contributed by atoms with E-state index in [2.05, 4.69) is 32.2 Å². The van der Waals surface area contributed by atoms with Crippen molar-refractivity contribution in [2.45, 2.75) is 33.3 Å². The lowest BCUT2D eigenvalue weighted by molar-refractivity contribution is 0.216. The van der Waals surface area contributed by atoms with Crippen LogP contribution in [0.1, 0.15) is 25.8 Å². The Balaban J connectivity index is 2.37. The van der Waals surface area contributed by atoms with Crippen LogP contribution in [0.15, 0.2) is 24.3 Å². The van der Waals surface area contributed by atoms with Gasteiger partial charge in [-0.2, -0.15) is 0 Å². The highest BCUT2D eigenvalue weighted by Crippen LogP contribution is 2.17. The van der Waals surface area contributed by atoms with Gasteiger partial charge in [-0.25, -0.2) is 0 Å². The third-order valence-corrected chi connectivity index (χ3v) is 2.28. The minimum absolute atomic E-state index is 0.220. The van der Waals surface area contributed by atoms with Crippen LogP contribution in [0.3, 0.4) is 0 Å². The Hall–Kier alpha value is -1.02. The third-order valence-electron chi connectivity index (χ3n) is 2.28. The summed E-state index contributed by atoms with van der Waals surface area (Å²) >= 11 is 0. The second-order valence-corrected chi connectivity index (χ2v) is 3.90. The van der Waals surface area contributed by atoms with Gasteiger partial charge >= 0.3 is 0 Å². The zero-order valence-corrected chi connectivity index (χ0v) is 9.92. The lowest BCUT2D eigenvalue weighted by Crippen LogP contribution is -2.29. The molecule has 0 fully saturated rings. The van der Waals surface area contributed by atoms with Gasteiger partial charge in [-0.15, -0.1) is 0 Å². The quantitative estimate of drug-likeness (QED) is 0.724. The molecule has 2 nitrogen and oxygen atoms in total. The maximum atomic E-state index is 5.83. The van der Waals surface area contributed by atoms with Gasteiger partial charge in [0.1, 0.15) is 11.9 Å². The summed E-state index contributed by atoms with van der Waals surface area (Å²) in [4.78, 5) is 0. The number of aryl methyl sites for hydroxylation is 1. The predicted octanol–water partition coefficient (Wildman–Crippen LogP) is 2.76. The average Bonchev–Trinajstić information content (AvgIpc) is 2.22. The van der Waals surface area contributed by atoms with Gasteiger partial charge in [0, 0.05) is 6.54 Å². The third kappa shape index (κ3) is 4.34. The van der Waals surface area contributed by atoms with E-state index in [1.165, 1.54) is 5.56 Å². The topological polar surface area (TPSA) is 21.3 Å². The molecule has 0 aliphatic carbocycles. The van der Waals surface area contributed by atoms with E-state index in [9.17, 15) is 0 Å². The summed E-state index contributed by atoms with van der Waals surface area (Å²) in [6.07, 6.45) is 1.38. The van der Waals surface area contributed by atoms with Crippen molar-refractivity contribution < 1.29 is 4.74 Å². The van der Waals surface area contributed by atoms with Gasteiger partial charge in [-0.3, -0.25) is 0 Å². The van der Waals surface area contributed by atoms with Gasteiger partial charge in [0.25, 0.3) is 0 Å². The monoisotopic (exact) mass is 207 g/mol. The number of nitrogens with one attached hydrogen (secondary N) is 1. The van der Waals surface area contributed by atoms with E-state index in [0.717, 1.165) is 25.3 Å². The van der Waals surface area contributed by atoms with Crippen molar-refractivity contribution >= 4 is 0 Å². The molecule has 84 valence electrons. The Morgan fingerprint density at radius 3 is 2.73 bits per heavy atom. The normalized spacial score (nSPS) is 12.5. The van der Waals surface area contributed by atoms with E-state index in [4.69, 9.17) is 4.74 Å². The standard InChI is InChI=1S/C13H21NO/c1-4-9-14-10-12(3)15-13-8-6-5-7-11(13)2/h5-8,12,14H,4,9-10H2,1-3H3. The largest absolute Gasteiger partial charge is 0.489 e. The Kier molecular flexibility index (Phi) is 5.19. The van der Waals surface area contributed by atoms with E-state index in [0.29, 0.717) is 0 Å². The molecule has 0 aliphatic rings. The van der Waals surface area contributed by atoms with Crippen LogP contribution in [-0.2, 0) is 0 Å². The molecular weight excluding hydrogens is 186 g/mol. The predicted molar refractivity (Wildman–Crippen MR) is 64.4 cm³/mol. The summed E-state index contributed by atoms with van der Waals surface area (Å²) in [6.45, 7) is 8.29. The van der Waals surface area contributed by atoms with Crippen LogP contribution in [0, 0.1) is 6.92 Å². The van der Waals surface area contributed by atoms with Crippen molar-refractivity contribution in [1.82, 2.24) is 5.32 Å². The van der Waals surface area contributed by atoms with Gasteiger partial charge in [0.15, 0.2) is 0 Å². The molecule has 1 unspecified atom stereocenters. The first-order valence-electron chi connectivity index (χ1n) is 5.67. The van der Waals surface area contributed by atoms with Crippen molar-refractivity contribution in [2.75, 3.05) is 13.1 Å². The van der Waals surface area contributed by atoms with Crippen molar-refractivity contribution in [1.29, 1.82) is 0 Å². The Morgan fingerprint density at radius 1 is 1.33 bits per heavy atom. The van der Waals surface area contributed by atoms with E-state index in [-0.39, 0.29) is 6.10 Å². The number of benzene rings is 1. The molecule has 0 bridgehead atoms. The van der Waals surface area contributed by atoms with Gasteiger partial charge in [-0.1, -0.05) is 25.1 Å². The highest BCUT2D eigenvalue weighted by molar-refractivity contribution is 5.31. The first-order chi connectivity index (χ1) is 7.24. The maximum Gasteiger partial charge on any atom is 0.122 e. The zero-order chi connectivity index (χ0) is 11.1. The summed E-state index contributed by atoms with van der Waals surface area (Å²) in [7, 11) is 0. The highest BCUT2D eigenvalue weighted by atomic mass is 16.5. The van der Waals surface area contributed by atoms with Crippen LogP contribution in [-0.4, -0.2) is 19.2 Å². The molecule has 0 aromatic heterocycles. The number of para-hydroxylation sites is 1. The van der Waals surface area contributed by atoms with Crippen LogP contribution in [0.2, 0.25) is 0 Å². The van der Waals surface area contributed by atoms with Gasteiger partial charge in [0.2, 0.25) is 0 Å². The molecule has 0 saturated heterocycles. The number of hydrogen-bond acceptors (Lipinski definition) is 2. The molecule has 0 aliphatic heterocycles. The molecule has 15 heavy (non-hydrogen) atoms. The summed E-state index contributed by atoms with van der Waals surface area (Å²) in [6, 6.07) is 8.13. The second kappa shape index (κ2) is 6.46. The summed E-state index contributed by atoms with van der Waals surface area (Å²) in [5.74, 6) is 0.989. The summed E-state index contributed by atoms with van der Waals surface area (Å²) in [5.41, 5.74) is 1.19. The fraction of sp³-hybridized carbons (Fsp3) is 0.538. The van der Waals surface area contributed by atoms with Crippen molar-refractivity contribution in [2.24, 2.45) is 0 Å². The fourth-order valence-corrected chi connectivity index (χ4v) is 1.43. The van der Waals surface area contributed by atoms with E-state index in [1.807, 2.05) is 18.2 Å². The average molecular weight is 207 g/mol. The van der Waals surface area contributed by atoms with Gasteiger partial charge in [0.05, 0.1) is 0 Å². The minimum atomic E-state index is 0.220. The molecule has 1 atom stereocenters. The molecule has 0 amide bonds. The fourth-order valence-electron chi connectivity index (χ4n) is 1.43. The Labute approximate surface area is 92.6 Å². The molecule has 1 N–H and O–H groups in total. The minimum Gasteiger partial charge on any atom is -0.489 e. The summed E-state index contributed by atoms with van der Waals surface area (Å²) in [5, 5.41) is 3.35. The van der Waals surface area contributed by atoms with Crippen LogP contribution >= 0.6 is 0 Å². The SMILES string of the molecule is CCCNCC(C)Oc1ccccc1C. The Bertz CT molecular complexity index is 286. The molecule has 1 aromatic rings. The van der Waals surface area contributed by atoms with Crippen molar-refractivity contribution in [3.05, 3.63) is 29.8 Å². The van der Waals surface area contributed by atoms with Crippen LogP contribution in [0.4, 0.5) is 0 Å². The van der Waals surface area contributed by atoms with Gasteiger partial charge in [-0.05, 0) is 38.4 Å². The Morgan fingerprint density at radius 2 is 2.07 bits per heavy atom. The van der Waals surface area contributed by atoms with Crippen LogP contribution in [0.25, 0.3) is 0 Å². The van der Waals surface area contributed by atoms with E-state index >= 15 is 0 Å². The van der Waals surface area contributed by atoms with Crippen molar-refractivity contribution in [3.63, 3.8) is 0 Å². The van der Waals surface area contributed by atoms with Crippen molar-refractivity contribution in [3.8, 4) is 5.75 Å². The molecular formula is C13H21NO. The lowest BCUT2D eigenvalue weighted by atomic mass is 10.2.